The third-order valence-electron chi connectivity index (χ3n) is 3.99. The van der Waals surface area contributed by atoms with Crippen LogP contribution in [0.4, 0.5) is 5.69 Å². The molecule has 0 fully saturated rings. The molecule has 0 saturated heterocycles. The van der Waals surface area contributed by atoms with Gasteiger partial charge in [-0.25, -0.2) is 4.98 Å². The first-order valence-electron chi connectivity index (χ1n) is 8.81. The van der Waals surface area contributed by atoms with Crippen molar-refractivity contribution >= 4 is 17.5 Å². The molecule has 2 aromatic carbocycles. The van der Waals surface area contributed by atoms with Crippen molar-refractivity contribution in [1.82, 2.24) is 10.3 Å². The standard InChI is InChI=1S/C21H21N3O3/c1-3-13-22-19(25)16-11-7-8-12-17(16)23-20(26)18-14(2)27-21(24-18)15-9-5-4-6-10-15/h4-12H,3,13H2,1-2H3,(H,22,25)(H,23,26). The Balaban J connectivity index is 1.83. The number of nitrogens with zero attached hydrogens (tertiary/aromatic N) is 1. The van der Waals surface area contributed by atoms with Crippen molar-refractivity contribution in [1.29, 1.82) is 0 Å². The summed E-state index contributed by atoms with van der Waals surface area (Å²) in [5.41, 5.74) is 1.82. The number of carbonyl (C=O) groups is 2. The van der Waals surface area contributed by atoms with Crippen molar-refractivity contribution in [2.24, 2.45) is 0 Å². The first-order chi connectivity index (χ1) is 13.1. The molecular formula is C21H21N3O3. The Morgan fingerprint density at radius 2 is 1.70 bits per heavy atom. The van der Waals surface area contributed by atoms with Gasteiger partial charge < -0.3 is 15.1 Å². The van der Waals surface area contributed by atoms with Crippen LogP contribution >= 0.6 is 0 Å². The summed E-state index contributed by atoms with van der Waals surface area (Å²) in [4.78, 5) is 29.3. The maximum absolute atomic E-state index is 12.7. The summed E-state index contributed by atoms with van der Waals surface area (Å²) in [6.45, 7) is 4.24. The molecule has 6 nitrogen and oxygen atoms in total. The molecule has 1 heterocycles. The minimum Gasteiger partial charge on any atom is -0.441 e. The zero-order valence-corrected chi connectivity index (χ0v) is 15.3. The number of oxazole rings is 1. The summed E-state index contributed by atoms with van der Waals surface area (Å²) in [6, 6.07) is 16.2. The maximum atomic E-state index is 12.7. The highest BCUT2D eigenvalue weighted by atomic mass is 16.4. The fourth-order valence-corrected chi connectivity index (χ4v) is 2.62. The van der Waals surface area contributed by atoms with Crippen LogP contribution in [0.25, 0.3) is 11.5 Å². The summed E-state index contributed by atoms with van der Waals surface area (Å²) in [6.07, 6.45) is 0.834. The third kappa shape index (κ3) is 4.23. The fraction of sp³-hybridized carbons (Fsp3) is 0.190. The van der Waals surface area contributed by atoms with E-state index in [1.807, 2.05) is 37.3 Å². The summed E-state index contributed by atoms with van der Waals surface area (Å²) in [7, 11) is 0. The molecule has 0 radical (unpaired) electrons. The predicted molar refractivity (Wildman–Crippen MR) is 104 cm³/mol. The largest absolute Gasteiger partial charge is 0.441 e. The van der Waals surface area contributed by atoms with Crippen LogP contribution in [0, 0.1) is 6.92 Å². The number of aromatic nitrogens is 1. The van der Waals surface area contributed by atoms with Gasteiger partial charge in [0.15, 0.2) is 5.69 Å². The van der Waals surface area contributed by atoms with E-state index in [0.717, 1.165) is 12.0 Å². The molecule has 0 spiro atoms. The van der Waals surface area contributed by atoms with Crippen LogP contribution in [-0.4, -0.2) is 23.3 Å². The SMILES string of the molecule is CCCNC(=O)c1ccccc1NC(=O)c1nc(-c2ccccc2)oc1C. The Bertz CT molecular complexity index is 948. The number of benzene rings is 2. The number of amides is 2. The van der Waals surface area contributed by atoms with E-state index in [0.29, 0.717) is 29.4 Å². The molecule has 0 atom stereocenters. The molecule has 0 saturated carbocycles. The summed E-state index contributed by atoms with van der Waals surface area (Å²) >= 11 is 0. The average molecular weight is 363 g/mol. The van der Waals surface area contributed by atoms with Crippen LogP contribution < -0.4 is 10.6 Å². The first kappa shape index (κ1) is 18.4. The van der Waals surface area contributed by atoms with Crippen molar-refractivity contribution < 1.29 is 14.0 Å². The summed E-state index contributed by atoms with van der Waals surface area (Å²) in [5, 5.41) is 5.58. The number of nitrogens with one attached hydrogen (secondary N) is 2. The lowest BCUT2D eigenvalue weighted by Gasteiger charge is -2.10. The molecule has 1 aromatic heterocycles. The minimum atomic E-state index is -0.422. The Labute approximate surface area is 157 Å². The molecule has 2 amide bonds. The average Bonchev–Trinajstić information content (AvgIpc) is 3.09. The van der Waals surface area contributed by atoms with Gasteiger partial charge in [0, 0.05) is 12.1 Å². The van der Waals surface area contributed by atoms with Gasteiger partial charge in [0.25, 0.3) is 11.8 Å². The highest BCUT2D eigenvalue weighted by Crippen LogP contribution is 2.23. The van der Waals surface area contributed by atoms with Crippen molar-refractivity contribution in [3.05, 3.63) is 71.6 Å². The molecule has 0 aliphatic carbocycles. The molecule has 0 aliphatic heterocycles. The van der Waals surface area contributed by atoms with Gasteiger partial charge in [0.2, 0.25) is 5.89 Å². The molecule has 6 heteroatoms. The van der Waals surface area contributed by atoms with Crippen LogP contribution in [0.3, 0.4) is 0 Å². The van der Waals surface area contributed by atoms with Crippen LogP contribution in [0.1, 0.15) is 40.0 Å². The summed E-state index contributed by atoms with van der Waals surface area (Å²) in [5.74, 6) is 0.148. The van der Waals surface area contributed by atoms with Crippen molar-refractivity contribution in [2.45, 2.75) is 20.3 Å². The zero-order chi connectivity index (χ0) is 19.2. The van der Waals surface area contributed by atoms with Crippen LogP contribution in [0.15, 0.2) is 59.0 Å². The van der Waals surface area contributed by atoms with E-state index < -0.39 is 5.91 Å². The van der Waals surface area contributed by atoms with E-state index >= 15 is 0 Å². The Morgan fingerprint density at radius 1 is 1.00 bits per heavy atom. The smallest absolute Gasteiger partial charge is 0.277 e. The number of hydrogen-bond acceptors (Lipinski definition) is 4. The van der Waals surface area contributed by atoms with E-state index in [-0.39, 0.29) is 11.6 Å². The van der Waals surface area contributed by atoms with Gasteiger partial charge in [-0.3, -0.25) is 9.59 Å². The molecule has 27 heavy (non-hydrogen) atoms. The maximum Gasteiger partial charge on any atom is 0.277 e. The van der Waals surface area contributed by atoms with Gasteiger partial charge in [-0.05, 0) is 37.6 Å². The van der Waals surface area contributed by atoms with E-state index in [9.17, 15) is 9.59 Å². The summed E-state index contributed by atoms with van der Waals surface area (Å²) < 4.78 is 5.64. The number of carbonyl (C=O) groups excluding carboxylic acids is 2. The van der Waals surface area contributed by atoms with Gasteiger partial charge in [-0.15, -0.1) is 0 Å². The van der Waals surface area contributed by atoms with Gasteiger partial charge in [-0.1, -0.05) is 37.3 Å². The Kier molecular flexibility index (Phi) is 5.66. The highest BCUT2D eigenvalue weighted by Gasteiger charge is 2.20. The van der Waals surface area contributed by atoms with E-state index in [2.05, 4.69) is 15.6 Å². The molecule has 0 unspecified atom stereocenters. The number of rotatable bonds is 6. The number of para-hydroxylation sites is 1. The minimum absolute atomic E-state index is 0.192. The quantitative estimate of drug-likeness (QED) is 0.692. The molecule has 0 aliphatic rings. The van der Waals surface area contributed by atoms with Gasteiger partial charge in [0.1, 0.15) is 5.76 Å². The molecule has 3 aromatic rings. The molecule has 3 rings (SSSR count). The second kappa shape index (κ2) is 8.31. The van der Waals surface area contributed by atoms with Crippen molar-refractivity contribution in [3.63, 3.8) is 0 Å². The van der Waals surface area contributed by atoms with Crippen LogP contribution in [-0.2, 0) is 0 Å². The number of aryl methyl sites for hydroxylation is 1. The molecule has 0 bridgehead atoms. The number of hydrogen-bond donors (Lipinski definition) is 2. The Morgan fingerprint density at radius 3 is 2.44 bits per heavy atom. The van der Waals surface area contributed by atoms with E-state index in [1.54, 1.807) is 31.2 Å². The topological polar surface area (TPSA) is 84.2 Å². The van der Waals surface area contributed by atoms with Crippen molar-refractivity contribution in [2.75, 3.05) is 11.9 Å². The molecule has 2 N–H and O–H groups in total. The third-order valence-corrected chi connectivity index (χ3v) is 3.99. The fourth-order valence-electron chi connectivity index (χ4n) is 2.62. The Hall–Kier alpha value is -3.41. The lowest BCUT2D eigenvalue weighted by atomic mass is 10.1. The van der Waals surface area contributed by atoms with E-state index in [1.165, 1.54) is 0 Å². The number of anilines is 1. The monoisotopic (exact) mass is 363 g/mol. The highest BCUT2D eigenvalue weighted by molar-refractivity contribution is 6.08. The van der Waals surface area contributed by atoms with Gasteiger partial charge in [0.05, 0.1) is 11.3 Å². The van der Waals surface area contributed by atoms with E-state index in [4.69, 9.17) is 4.42 Å². The van der Waals surface area contributed by atoms with Crippen molar-refractivity contribution in [3.8, 4) is 11.5 Å². The second-order valence-electron chi connectivity index (χ2n) is 6.05. The van der Waals surface area contributed by atoms with Gasteiger partial charge >= 0.3 is 0 Å². The van der Waals surface area contributed by atoms with Crippen LogP contribution in [0.5, 0.6) is 0 Å². The molecular weight excluding hydrogens is 342 g/mol. The molecule has 138 valence electrons. The second-order valence-corrected chi connectivity index (χ2v) is 6.05. The first-order valence-corrected chi connectivity index (χ1v) is 8.81. The lowest BCUT2D eigenvalue weighted by molar-refractivity contribution is 0.0954. The lowest BCUT2D eigenvalue weighted by Crippen LogP contribution is -2.26. The van der Waals surface area contributed by atoms with Crippen LogP contribution in [0.2, 0.25) is 0 Å². The normalized spacial score (nSPS) is 10.4. The van der Waals surface area contributed by atoms with Gasteiger partial charge in [-0.2, -0.15) is 0 Å². The predicted octanol–water partition coefficient (Wildman–Crippen LogP) is 4.04. The zero-order valence-electron chi connectivity index (χ0n) is 15.3.